The van der Waals surface area contributed by atoms with Crippen LogP contribution in [0, 0.1) is 11.5 Å². The number of nitriles is 1. The summed E-state index contributed by atoms with van der Waals surface area (Å²) in [6.07, 6.45) is 6.06. The summed E-state index contributed by atoms with van der Waals surface area (Å²) in [6, 6.07) is 8.22. The van der Waals surface area contributed by atoms with Gasteiger partial charge in [0.25, 0.3) is 0 Å². The first-order valence-electron chi connectivity index (χ1n) is 5.52. The monoisotopic (exact) mass is 224 g/mol. The molecule has 0 spiro atoms. The summed E-state index contributed by atoms with van der Waals surface area (Å²) in [6.45, 7) is 0.687. The maximum absolute atomic E-state index is 9.23. The molecule has 1 aliphatic rings. The Bertz CT molecular complexity index is 593. The highest BCUT2D eigenvalue weighted by Crippen LogP contribution is 2.37. The highest BCUT2D eigenvalue weighted by atomic mass is 15.3. The fraction of sp³-hybridized carbons (Fsp3) is 0.231. The van der Waals surface area contributed by atoms with Gasteiger partial charge in [0.2, 0.25) is 0 Å². The SMILES string of the molecule is Cn1cc(C2c3ccccc3CN2C#N)cn1. The highest BCUT2D eigenvalue weighted by molar-refractivity contribution is 5.40. The molecule has 4 heteroatoms. The van der Waals surface area contributed by atoms with Gasteiger partial charge in [-0.1, -0.05) is 24.3 Å². The lowest BCUT2D eigenvalue weighted by Crippen LogP contribution is -2.16. The minimum absolute atomic E-state index is 0.0184. The first-order chi connectivity index (χ1) is 8.29. The summed E-state index contributed by atoms with van der Waals surface area (Å²) >= 11 is 0. The summed E-state index contributed by atoms with van der Waals surface area (Å²) in [5, 5.41) is 13.4. The van der Waals surface area contributed by atoms with Gasteiger partial charge < -0.3 is 0 Å². The number of aryl methyl sites for hydroxylation is 1. The minimum atomic E-state index is 0.0184. The average Bonchev–Trinajstić information content (AvgIpc) is 2.91. The van der Waals surface area contributed by atoms with E-state index in [0.717, 1.165) is 5.56 Å². The molecule has 84 valence electrons. The zero-order chi connectivity index (χ0) is 11.8. The topological polar surface area (TPSA) is 44.9 Å². The fourth-order valence-corrected chi connectivity index (χ4v) is 2.42. The molecule has 4 nitrogen and oxygen atoms in total. The van der Waals surface area contributed by atoms with E-state index in [4.69, 9.17) is 0 Å². The second-order valence-corrected chi connectivity index (χ2v) is 4.28. The van der Waals surface area contributed by atoms with Crippen LogP contribution in [0.25, 0.3) is 0 Å². The van der Waals surface area contributed by atoms with Crippen molar-refractivity contribution in [1.82, 2.24) is 14.7 Å². The van der Waals surface area contributed by atoms with Gasteiger partial charge in [0, 0.05) is 18.8 Å². The Balaban J connectivity index is 2.11. The summed E-state index contributed by atoms with van der Waals surface area (Å²) in [7, 11) is 1.89. The Labute approximate surface area is 99.7 Å². The standard InChI is InChI=1S/C13H12N4/c1-16-7-11(6-15-16)13-12-5-3-2-4-10(12)8-17(13)9-14/h2-7,13H,8H2,1H3. The molecular weight excluding hydrogens is 212 g/mol. The first kappa shape index (κ1) is 9.91. The van der Waals surface area contributed by atoms with Crippen LogP contribution in [0.15, 0.2) is 36.7 Å². The molecule has 0 fully saturated rings. The van der Waals surface area contributed by atoms with E-state index in [1.165, 1.54) is 11.1 Å². The molecular formula is C13H12N4. The van der Waals surface area contributed by atoms with Crippen LogP contribution >= 0.6 is 0 Å². The predicted octanol–water partition coefficient (Wildman–Crippen LogP) is 1.81. The maximum Gasteiger partial charge on any atom is 0.180 e. The number of hydrogen-bond acceptors (Lipinski definition) is 3. The molecule has 3 rings (SSSR count). The molecule has 2 heterocycles. The van der Waals surface area contributed by atoms with Gasteiger partial charge >= 0.3 is 0 Å². The smallest absolute Gasteiger partial charge is 0.180 e. The van der Waals surface area contributed by atoms with Gasteiger partial charge in [-0.2, -0.15) is 10.4 Å². The number of hydrogen-bond donors (Lipinski definition) is 0. The third-order valence-corrected chi connectivity index (χ3v) is 3.17. The van der Waals surface area contributed by atoms with Crippen LogP contribution in [0.3, 0.4) is 0 Å². The molecule has 1 aromatic carbocycles. The zero-order valence-corrected chi connectivity index (χ0v) is 9.54. The molecule has 0 bridgehead atoms. The lowest BCUT2D eigenvalue weighted by atomic mass is 10.0. The fourth-order valence-electron chi connectivity index (χ4n) is 2.42. The lowest BCUT2D eigenvalue weighted by molar-refractivity contribution is 0.362. The molecule has 17 heavy (non-hydrogen) atoms. The number of aromatic nitrogens is 2. The van der Waals surface area contributed by atoms with E-state index in [0.29, 0.717) is 6.54 Å². The second-order valence-electron chi connectivity index (χ2n) is 4.28. The summed E-state index contributed by atoms with van der Waals surface area (Å²) < 4.78 is 1.77. The van der Waals surface area contributed by atoms with E-state index in [2.05, 4.69) is 23.4 Å². The molecule has 1 aliphatic heterocycles. The van der Waals surface area contributed by atoms with Crippen molar-refractivity contribution in [3.8, 4) is 6.19 Å². The van der Waals surface area contributed by atoms with Crippen LogP contribution in [0.5, 0.6) is 0 Å². The van der Waals surface area contributed by atoms with Crippen LogP contribution in [-0.2, 0) is 13.6 Å². The molecule has 0 aliphatic carbocycles. The van der Waals surface area contributed by atoms with Crippen molar-refractivity contribution in [1.29, 1.82) is 5.26 Å². The molecule has 1 unspecified atom stereocenters. The van der Waals surface area contributed by atoms with Crippen molar-refractivity contribution >= 4 is 0 Å². The minimum Gasteiger partial charge on any atom is -0.294 e. The van der Waals surface area contributed by atoms with E-state index in [1.807, 2.05) is 31.6 Å². The van der Waals surface area contributed by atoms with Crippen molar-refractivity contribution in [2.75, 3.05) is 0 Å². The summed E-state index contributed by atoms with van der Waals surface area (Å²) in [4.78, 5) is 1.79. The lowest BCUT2D eigenvalue weighted by Gasteiger charge is -2.17. The van der Waals surface area contributed by atoms with E-state index in [1.54, 1.807) is 9.58 Å². The highest BCUT2D eigenvalue weighted by Gasteiger charge is 2.31. The number of fused-ring (bicyclic) bond motifs is 1. The molecule has 2 aromatic rings. The van der Waals surface area contributed by atoms with Gasteiger partial charge in [0.05, 0.1) is 18.8 Å². The molecule has 0 saturated heterocycles. The second kappa shape index (κ2) is 3.63. The van der Waals surface area contributed by atoms with Crippen molar-refractivity contribution in [3.63, 3.8) is 0 Å². The van der Waals surface area contributed by atoms with Crippen LogP contribution in [0.2, 0.25) is 0 Å². The van der Waals surface area contributed by atoms with E-state index in [-0.39, 0.29) is 6.04 Å². The molecule has 0 saturated carbocycles. The van der Waals surface area contributed by atoms with Crippen LogP contribution < -0.4 is 0 Å². The summed E-state index contributed by atoms with van der Waals surface area (Å²) in [5.74, 6) is 0. The van der Waals surface area contributed by atoms with Gasteiger partial charge in [0.1, 0.15) is 0 Å². The van der Waals surface area contributed by atoms with Crippen LogP contribution in [-0.4, -0.2) is 14.7 Å². The molecule has 1 atom stereocenters. The zero-order valence-electron chi connectivity index (χ0n) is 9.54. The number of rotatable bonds is 1. The van der Waals surface area contributed by atoms with Gasteiger partial charge in [-0.25, -0.2) is 0 Å². The molecule has 0 amide bonds. The van der Waals surface area contributed by atoms with Gasteiger partial charge in [0.15, 0.2) is 6.19 Å². The van der Waals surface area contributed by atoms with Gasteiger partial charge in [-0.15, -0.1) is 0 Å². The van der Waals surface area contributed by atoms with E-state index in [9.17, 15) is 5.26 Å². The van der Waals surface area contributed by atoms with Crippen molar-refractivity contribution in [2.45, 2.75) is 12.6 Å². The third kappa shape index (κ3) is 1.48. The molecule has 0 radical (unpaired) electrons. The number of benzene rings is 1. The summed E-state index contributed by atoms with van der Waals surface area (Å²) in [5.41, 5.74) is 3.50. The normalized spacial score (nSPS) is 17.9. The van der Waals surface area contributed by atoms with Crippen molar-refractivity contribution < 1.29 is 0 Å². The average molecular weight is 224 g/mol. The van der Waals surface area contributed by atoms with Gasteiger partial charge in [-0.05, 0) is 11.1 Å². The Morgan fingerprint density at radius 3 is 2.94 bits per heavy atom. The predicted molar refractivity (Wildman–Crippen MR) is 62.6 cm³/mol. The largest absolute Gasteiger partial charge is 0.294 e. The Morgan fingerprint density at radius 2 is 2.24 bits per heavy atom. The maximum atomic E-state index is 9.23. The van der Waals surface area contributed by atoms with Crippen LogP contribution in [0.4, 0.5) is 0 Å². The van der Waals surface area contributed by atoms with Crippen LogP contribution in [0.1, 0.15) is 22.7 Å². The quantitative estimate of drug-likeness (QED) is 0.694. The Kier molecular flexibility index (Phi) is 2.12. The molecule has 1 aromatic heterocycles. The van der Waals surface area contributed by atoms with Gasteiger partial charge in [-0.3, -0.25) is 9.58 Å². The number of nitrogens with zero attached hydrogens (tertiary/aromatic N) is 4. The Hall–Kier alpha value is -2.28. The third-order valence-electron chi connectivity index (χ3n) is 3.17. The first-order valence-corrected chi connectivity index (χ1v) is 5.52. The van der Waals surface area contributed by atoms with Crippen molar-refractivity contribution in [3.05, 3.63) is 53.3 Å². The van der Waals surface area contributed by atoms with Crippen molar-refractivity contribution in [2.24, 2.45) is 7.05 Å². The van der Waals surface area contributed by atoms with E-state index < -0.39 is 0 Å². The Morgan fingerprint density at radius 1 is 1.41 bits per heavy atom. The molecule has 0 N–H and O–H groups in total. The van der Waals surface area contributed by atoms with E-state index >= 15 is 0 Å².